The highest BCUT2D eigenvalue weighted by molar-refractivity contribution is 6.42. The Bertz CT molecular complexity index is 584. The predicted octanol–water partition coefficient (Wildman–Crippen LogP) is 2.89. The quantitative estimate of drug-likeness (QED) is 0.504. The molecule has 0 radical (unpaired) electrons. The first kappa shape index (κ1) is 16.8. The number of nitrogens with one attached hydrogen (secondary N) is 2. The van der Waals surface area contributed by atoms with E-state index in [1.165, 1.54) is 12.6 Å². The van der Waals surface area contributed by atoms with Gasteiger partial charge in [-0.25, -0.2) is 5.43 Å². The molecule has 118 valence electrons. The number of benzene rings is 1. The van der Waals surface area contributed by atoms with Crippen molar-refractivity contribution in [1.82, 2.24) is 10.7 Å². The van der Waals surface area contributed by atoms with Crippen molar-refractivity contribution in [3.05, 3.63) is 33.8 Å². The average Bonchev–Trinajstić information content (AvgIpc) is 2.51. The van der Waals surface area contributed by atoms with Crippen molar-refractivity contribution in [2.24, 2.45) is 5.10 Å². The Morgan fingerprint density at radius 3 is 2.50 bits per heavy atom. The van der Waals surface area contributed by atoms with Crippen LogP contribution in [0.5, 0.6) is 0 Å². The molecule has 0 spiro atoms. The number of carbonyl (C=O) groups excluding carboxylic acids is 2. The Hall–Kier alpha value is -1.59. The van der Waals surface area contributed by atoms with Gasteiger partial charge in [-0.05, 0) is 30.5 Å². The van der Waals surface area contributed by atoms with E-state index in [0.717, 1.165) is 25.7 Å². The van der Waals surface area contributed by atoms with Gasteiger partial charge in [-0.1, -0.05) is 48.5 Å². The Balaban J connectivity index is 1.81. The molecule has 0 atom stereocenters. The van der Waals surface area contributed by atoms with Crippen LogP contribution in [0.3, 0.4) is 0 Å². The molecule has 1 saturated carbocycles. The minimum absolute atomic E-state index is 0.0889. The van der Waals surface area contributed by atoms with Gasteiger partial charge in [0, 0.05) is 6.04 Å². The fourth-order valence-corrected chi connectivity index (χ4v) is 2.61. The number of hydrogen-bond donors (Lipinski definition) is 2. The van der Waals surface area contributed by atoms with Gasteiger partial charge >= 0.3 is 11.8 Å². The molecule has 2 rings (SSSR count). The Morgan fingerprint density at radius 2 is 1.82 bits per heavy atom. The summed E-state index contributed by atoms with van der Waals surface area (Å²) < 4.78 is 0. The van der Waals surface area contributed by atoms with Crippen molar-refractivity contribution < 1.29 is 9.59 Å². The van der Waals surface area contributed by atoms with E-state index in [2.05, 4.69) is 15.8 Å². The van der Waals surface area contributed by atoms with Crippen molar-refractivity contribution in [2.75, 3.05) is 0 Å². The second kappa shape index (κ2) is 8.15. The molecule has 2 amide bonds. The molecule has 1 aromatic carbocycles. The summed E-state index contributed by atoms with van der Waals surface area (Å²) in [6, 6.07) is 5.03. The summed E-state index contributed by atoms with van der Waals surface area (Å²) in [5.41, 5.74) is 2.87. The minimum Gasteiger partial charge on any atom is -0.345 e. The molecule has 0 heterocycles. The second-order valence-corrected chi connectivity index (χ2v) is 6.00. The van der Waals surface area contributed by atoms with Crippen LogP contribution in [0.2, 0.25) is 10.0 Å². The average molecular weight is 342 g/mol. The number of hydrazone groups is 1. The zero-order chi connectivity index (χ0) is 15.9. The monoisotopic (exact) mass is 341 g/mol. The minimum atomic E-state index is -0.776. The number of nitrogens with zero attached hydrogens (tertiary/aromatic N) is 1. The summed E-state index contributed by atoms with van der Waals surface area (Å²) in [5.74, 6) is -1.43. The van der Waals surface area contributed by atoms with Gasteiger partial charge in [0.05, 0.1) is 16.3 Å². The third-order valence-electron chi connectivity index (χ3n) is 3.47. The number of rotatable bonds is 3. The summed E-state index contributed by atoms with van der Waals surface area (Å²) in [4.78, 5) is 23.4. The predicted molar refractivity (Wildman–Crippen MR) is 87.2 cm³/mol. The summed E-state index contributed by atoms with van der Waals surface area (Å²) in [7, 11) is 0. The van der Waals surface area contributed by atoms with Crippen molar-refractivity contribution >= 4 is 41.2 Å². The van der Waals surface area contributed by atoms with Crippen LogP contribution >= 0.6 is 23.2 Å². The van der Waals surface area contributed by atoms with E-state index >= 15 is 0 Å². The van der Waals surface area contributed by atoms with E-state index in [1.807, 2.05) is 0 Å². The lowest BCUT2D eigenvalue weighted by molar-refractivity contribution is -0.139. The molecule has 1 aliphatic rings. The molecule has 5 nitrogen and oxygen atoms in total. The summed E-state index contributed by atoms with van der Waals surface area (Å²) >= 11 is 11.7. The molecule has 22 heavy (non-hydrogen) atoms. The molecule has 1 aromatic rings. The molecular formula is C15H17Cl2N3O2. The standard InChI is InChI=1S/C15H17Cl2N3O2/c16-12-7-6-10(8-13(12)17)9-18-20-15(22)14(21)19-11-4-2-1-3-5-11/h6-9,11H,1-5H2,(H,19,21)(H,20,22)/b18-9-. The van der Waals surface area contributed by atoms with E-state index < -0.39 is 11.8 Å². The van der Waals surface area contributed by atoms with E-state index in [0.29, 0.717) is 15.6 Å². The first-order chi connectivity index (χ1) is 10.6. The Morgan fingerprint density at radius 1 is 1.09 bits per heavy atom. The van der Waals surface area contributed by atoms with Crippen molar-refractivity contribution in [3.8, 4) is 0 Å². The molecule has 1 fully saturated rings. The third-order valence-corrected chi connectivity index (χ3v) is 4.21. The van der Waals surface area contributed by atoms with E-state index in [-0.39, 0.29) is 6.04 Å². The molecular weight excluding hydrogens is 325 g/mol. The molecule has 0 unspecified atom stereocenters. The summed E-state index contributed by atoms with van der Waals surface area (Å²) in [6.45, 7) is 0. The maximum absolute atomic E-state index is 11.7. The number of halogens is 2. The molecule has 0 saturated heterocycles. The summed E-state index contributed by atoms with van der Waals surface area (Å²) in [6.07, 6.45) is 6.60. The van der Waals surface area contributed by atoms with Crippen LogP contribution in [0.1, 0.15) is 37.7 Å². The number of amides is 2. The van der Waals surface area contributed by atoms with Gasteiger partial charge in [0.25, 0.3) is 0 Å². The van der Waals surface area contributed by atoms with Gasteiger partial charge in [-0.3, -0.25) is 9.59 Å². The van der Waals surface area contributed by atoms with Crippen LogP contribution in [0, 0.1) is 0 Å². The van der Waals surface area contributed by atoms with Gasteiger partial charge < -0.3 is 5.32 Å². The van der Waals surface area contributed by atoms with Crippen molar-refractivity contribution in [3.63, 3.8) is 0 Å². The van der Waals surface area contributed by atoms with Crippen LogP contribution in [-0.2, 0) is 9.59 Å². The SMILES string of the molecule is O=C(N/N=C\c1ccc(Cl)c(Cl)c1)C(=O)NC1CCCCC1. The van der Waals surface area contributed by atoms with E-state index in [4.69, 9.17) is 23.2 Å². The summed E-state index contributed by atoms with van der Waals surface area (Å²) in [5, 5.41) is 7.29. The largest absolute Gasteiger partial charge is 0.345 e. The van der Waals surface area contributed by atoms with Crippen molar-refractivity contribution in [2.45, 2.75) is 38.1 Å². The van der Waals surface area contributed by atoms with Crippen LogP contribution < -0.4 is 10.7 Å². The molecule has 0 aromatic heterocycles. The van der Waals surface area contributed by atoms with E-state index in [9.17, 15) is 9.59 Å². The topological polar surface area (TPSA) is 70.6 Å². The molecule has 7 heteroatoms. The first-order valence-electron chi connectivity index (χ1n) is 7.15. The molecule has 0 bridgehead atoms. The van der Waals surface area contributed by atoms with Crippen LogP contribution in [-0.4, -0.2) is 24.1 Å². The maximum Gasteiger partial charge on any atom is 0.329 e. The Kier molecular flexibility index (Phi) is 6.21. The number of carbonyl (C=O) groups is 2. The molecule has 2 N–H and O–H groups in total. The van der Waals surface area contributed by atoms with Crippen LogP contribution in [0.15, 0.2) is 23.3 Å². The van der Waals surface area contributed by atoms with Gasteiger partial charge in [0.1, 0.15) is 0 Å². The zero-order valence-corrected chi connectivity index (χ0v) is 13.5. The smallest absolute Gasteiger partial charge is 0.329 e. The maximum atomic E-state index is 11.7. The normalized spacial score (nSPS) is 15.7. The molecule has 1 aliphatic carbocycles. The van der Waals surface area contributed by atoms with E-state index in [1.54, 1.807) is 18.2 Å². The van der Waals surface area contributed by atoms with Gasteiger partial charge in [-0.15, -0.1) is 0 Å². The highest BCUT2D eigenvalue weighted by Crippen LogP contribution is 2.21. The first-order valence-corrected chi connectivity index (χ1v) is 7.91. The number of hydrogen-bond acceptors (Lipinski definition) is 3. The lowest BCUT2D eigenvalue weighted by Gasteiger charge is -2.22. The lowest BCUT2D eigenvalue weighted by atomic mass is 9.95. The third kappa shape index (κ3) is 5.00. The van der Waals surface area contributed by atoms with Crippen molar-refractivity contribution in [1.29, 1.82) is 0 Å². The lowest BCUT2D eigenvalue weighted by Crippen LogP contribution is -2.44. The van der Waals surface area contributed by atoms with Crippen LogP contribution in [0.4, 0.5) is 0 Å². The highest BCUT2D eigenvalue weighted by atomic mass is 35.5. The zero-order valence-electron chi connectivity index (χ0n) is 11.9. The second-order valence-electron chi connectivity index (χ2n) is 5.18. The Labute approximate surface area is 139 Å². The van der Waals surface area contributed by atoms with Crippen LogP contribution in [0.25, 0.3) is 0 Å². The van der Waals surface area contributed by atoms with Gasteiger partial charge in [0.15, 0.2) is 0 Å². The molecule has 0 aliphatic heterocycles. The fraction of sp³-hybridized carbons (Fsp3) is 0.400. The highest BCUT2D eigenvalue weighted by Gasteiger charge is 2.19. The van der Waals surface area contributed by atoms with Gasteiger partial charge in [0.2, 0.25) is 0 Å². The fourth-order valence-electron chi connectivity index (χ4n) is 2.31. The van der Waals surface area contributed by atoms with Gasteiger partial charge in [-0.2, -0.15) is 5.10 Å².